The molecule has 9 heteroatoms. The van der Waals surface area contributed by atoms with Crippen LogP contribution in [0.25, 0.3) is 21.2 Å². The maximum atomic E-state index is 14.2. The van der Waals surface area contributed by atoms with Crippen LogP contribution in [0.2, 0.25) is 0 Å². The molecule has 0 atom stereocenters. The van der Waals surface area contributed by atoms with Crippen molar-refractivity contribution in [3.63, 3.8) is 0 Å². The molecule has 32 heavy (non-hydrogen) atoms. The number of morpholine rings is 1. The maximum absolute atomic E-state index is 14.2. The number of furan rings is 1. The molecule has 6 nitrogen and oxygen atoms in total. The number of halogens is 2. The minimum absolute atomic E-state index is 0. The summed E-state index contributed by atoms with van der Waals surface area (Å²) in [5.74, 6) is -0.394. The fraction of sp³-hybridized carbons (Fsp3) is 0.304. The third kappa shape index (κ3) is 4.63. The summed E-state index contributed by atoms with van der Waals surface area (Å²) < 4.78 is 26.2. The number of aromatic nitrogens is 1. The molecular weight excluding hydrogens is 453 g/mol. The molecule has 0 spiro atoms. The van der Waals surface area contributed by atoms with Crippen LogP contribution in [-0.2, 0) is 4.74 Å². The van der Waals surface area contributed by atoms with E-state index < -0.39 is 0 Å². The van der Waals surface area contributed by atoms with E-state index in [-0.39, 0.29) is 35.4 Å². The van der Waals surface area contributed by atoms with Crippen molar-refractivity contribution >= 4 is 56.0 Å². The van der Waals surface area contributed by atoms with Crippen LogP contribution >= 0.6 is 23.7 Å². The van der Waals surface area contributed by atoms with Gasteiger partial charge in [0, 0.05) is 31.6 Å². The van der Waals surface area contributed by atoms with E-state index in [2.05, 4.69) is 9.88 Å². The second kappa shape index (κ2) is 9.95. The van der Waals surface area contributed by atoms with Gasteiger partial charge >= 0.3 is 0 Å². The lowest BCUT2D eigenvalue weighted by atomic mass is 10.2. The van der Waals surface area contributed by atoms with Crippen LogP contribution in [0.4, 0.5) is 9.52 Å². The molecule has 1 aliphatic rings. The van der Waals surface area contributed by atoms with E-state index in [1.165, 1.54) is 17.4 Å². The molecular formula is C23H23ClFN3O3S. The van der Waals surface area contributed by atoms with Crippen molar-refractivity contribution in [3.05, 3.63) is 60.1 Å². The molecule has 0 radical (unpaired) electrons. The molecule has 0 aliphatic carbocycles. The quantitative estimate of drug-likeness (QED) is 0.394. The van der Waals surface area contributed by atoms with Crippen molar-refractivity contribution < 1.29 is 18.3 Å². The lowest BCUT2D eigenvalue weighted by molar-refractivity contribution is 0.0376. The maximum Gasteiger partial charge on any atom is 0.295 e. The lowest BCUT2D eigenvalue weighted by Crippen LogP contribution is -2.39. The molecule has 1 aliphatic heterocycles. The summed E-state index contributed by atoms with van der Waals surface area (Å²) in [4.78, 5) is 21.8. The smallest absolute Gasteiger partial charge is 0.295 e. The Bertz CT molecular complexity index is 1190. The van der Waals surface area contributed by atoms with E-state index >= 15 is 0 Å². The summed E-state index contributed by atoms with van der Waals surface area (Å²) >= 11 is 1.31. The summed E-state index contributed by atoms with van der Waals surface area (Å²) in [6.07, 6.45) is 0.768. The van der Waals surface area contributed by atoms with Crippen molar-refractivity contribution in [3.8, 4) is 0 Å². The Balaban J connectivity index is 0.00000245. The van der Waals surface area contributed by atoms with E-state index in [9.17, 15) is 9.18 Å². The number of rotatable bonds is 6. The highest BCUT2D eigenvalue weighted by Crippen LogP contribution is 2.32. The van der Waals surface area contributed by atoms with Gasteiger partial charge in [0.25, 0.3) is 5.91 Å². The highest BCUT2D eigenvalue weighted by atomic mass is 35.5. The van der Waals surface area contributed by atoms with Crippen LogP contribution in [0.15, 0.2) is 52.9 Å². The van der Waals surface area contributed by atoms with Gasteiger partial charge in [-0.05, 0) is 30.7 Å². The number of anilines is 1. The topological polar surface area (TPSA) is 58.8 Å². The third-order valence-electron chi connectivity index (χ3n) is 5.43. The summed E-state index contributed by atoms with van der Waals surface area (Å²) in [5.41, 5.74) is 0.951. The molecule has 5 rings (SSSR count). The van der Waals surface area contributed by atoms with E-state index in [1.54, 1.807) is 17.0 Å². The number of fused-ring (bicyclic) bond motifs is 2. The minimum atomic E-state index is -0.385. The number of hydrogen-bond donors (Lipinski definition) is 0. The van der Waals surface area contributed by atoms with Crippen molar-refractivity contribution in [1.82, 2.24) is 9.88 Å². The first kappa shape index (κ1) is 22.7. The molecule has 0 unspecified atom stereocenters. The van der Waals surface area contributed by atoms with Crippen LogP contribution in [0.5, 0.6) is 0 Å². The van der Waals surface area contributed by atoms with E-state index in [0.717, 1.165) is 44.7 Å². The van der Waals surface area contributed by atoms with Gasteiger partial charge in [-0.1, -0.05) is 35.6 Å². The highest BCUT2D eigenvalue weighted by molar-refractivity contribution is 7.22. The average molecular weight is 476 g/mol. The lowest BCUT2D eigenvalue weighted by Gasteiger charge is -2.27. The van der Waals surface area contributed by atoms with Gasteiger partial charge in [-0.2, -0.15) is 0 Å². The molecule has 1 fully saturated rings. The average Bonchev–Trinajstić information content (AvgIpc) is 3.42. The van der Waals surface area contributed by atoms with E-state index in [1.807, 2.05) is 30.3 Å². The highest BCUT2D eigenvalue weighted by Gasteiger charge is 2.25. The summed E-state index contributed by atoms with van der Waals surface area (Å²) in [5, 5.41) is 1.35. The van der Waals surface area contributed by atoms with Gasteiger partial charge in [0.15, 0.2) is 10.9 Å². The molecule has 0 bridgehead atoms. The Morgan fingerprint density at radius 2 is 1.97 bits per heavy atom. The van der Waals surface area contributed by atoms with Gasteiger partial charge in [0.05, 0.1) is 17.9 Å². The SMILES string of the molecule is Cl.O=C(c1cc2ccccc2o1)N(CCCN1CCOCC1)c1nc2c(F)cccc2s1. The standard InChI is InChI=1S/C23H22FN3O3S.ClH/c24-17-6-3-8-20-21(17)25-23(31-20)27(10-4-9-26-11-13-29-14-12-26)22(28)19-15-16-5-1-2-7-18(16)30-19;/h1-3,5-8,15H,4,9-14H2;1H. The fourth-order valence-electron chi connectivity index (χ4n) is 3.80. The zero-order chi connectivity index (χ0) is 21.2. The minimum Gasteiger partial charge on any atom is -0.451 e. The van der Waals surface area contributed by atoms with Gasteiger partial charge in [0.1, 0.15) is 16.9 Å². The van der Waals surface area contributed by atoms with Crippen molar-refractivity contribution in [2.75, 3.05) is 44.3 Å². The molecule has 1 amide bonds. The molecule has 3 heterocycles. The molecule has 1 saturated heterocycles. The number of nitrogens with zero attached hydrogens (tertiary/aromatic N) is 3. The van der Waals surface area contributed by atoms with Crippen LogP contribution in [0.3, 0.4) is 0 Å². The van der Waals surface area contributed by atoms with Crippen LogP contribution in [-0.4, -0.2) is 55.2 Å². The van der Waals surface area contributed by atoms with Crippen molar-refractivity contribution in [1.29, 1.82) is 0 Å². The first-order valence-corrected chi connectivity index (χ1v) is 11.2. The summed E-state index contributed by atoms with van der Waals surface area (Å²) in [6, 6.07) is 14.1. The van der Waals surface area contributed by atoms with E-state index in [0.29, 0.717) is 22.0 Å². The summed E-state index contributed by atoms with van der Waals surface area (Å²) in [7, 11) is 0. The molecule has 0 N–H and O–H groups in total. The normalized spacial score (nSPS) is 14.5. The number of ether oxygens (including phenoxy) is 1. The van der Waals surface area contributed by atoms with Gasteiger partial charge in [-0.25, -0.2) is 9.37 Å². The number of carbonyl (C=O) groups excluding carboxylic acids is 1. The Labute approximate surface area is 195 Å². The van der Waals surface area contributed by atoms with E-state index in [4.69, 9.17) is 9.15 Å². The monoisotopic (exact) mass is 475 g/mol. The third-order valence-corrected chi connectivity index (χ3v) is 6.47. The predicted molar refractivity (Wildman–Crippen MR) is 127 cm³/mol. The Morgan fingerprint density at radius 1 is 1.16 bits per heavy atom. The molecule has 2 aromatic heterocycles. The first-order valence-electron chi connectivity index (χ1n) is 10.3. The van der Waals surface area contributed by atoms with Gasteiger partial charge in [0.2, 0.25) is 0 Å². The second-order valence-corrected chi connectivity index (χ2v) is 8.50. The first-order chi connectivity index (χ1) is 15.2. The van der Waals surface area contributed by atoms with Crippen molar-refractivity contribution in [2.24, 2.45) is 0 Å². The van der Waals surface area contributed by atoms with Crippen LogP contribution in [0, 0.1) is 5.82 Å². The van der Waals surface area contributed by atoms with Crippen molar-refractivity contribution in [2.45, 2.75) is 6.42 Å². The summed E-state index contributed by atoms with van der Waals surface area (Å²) in [6.45, 7) is 4.58. The predicted octanol–water partition coefficient (Wildman–Crippen LogP) is 4.97. The van der Waals surface area contributed by atoms with Crippen LogP contribution in [0.1, 0.15) is 17.0 Å². The molecule has 4 aromatic rings. The second-order valence-electron chi connectivity index (χ2n) is 7.50. The molecule has 0 saturated carbocycles. The largest absolute Gasteiger partial charge is 0.451 e. The van der Waals surface area contributed by atoms with Crippen LogP contribution < -0.4 is 4.90 Å². The Hall–Kier alpha value is -2.52. The number of para-hydroxylation sites is 2. The Morgan fingerprint density at radius 3 is 2.75 bits per heavy atom. The van der Waals surface area contributed by atoms with Gasteiger partial charge in [-0.3, -0.25) is 14.6 Å². The number of hydrogen-bond acceptors (Lipinski definition) is 6. The molecule has 168 valence electrons. The number of amides is 1. The Kier molecular flexibility index (Phi) is 7.05. The van der Waals surface area contributed by atoms with Gasteiger partial charge in [-0.15, -0.1) is 12.4 Å². The zero-order valence-electron chi connectivity index (χ0n) is 17.3. The number of carbonyl (C=O) groups is 1. The van der Waals surface area contributed by atoms with Gasteiger partial charge < -0.3 is 9.15 Å². The zero-order valence-corrected chi connectivity index (χ0v) is 19.0. The fourth-order valence-corrected chi connectivity index (χ4v) is 4.80. The number of thiazole rings is 1. The number of benzene rings is 2. The molecule has 2 aromatic carbocycles.